The monoisotopic (exact) mass is 290 g/mol. The summed E-state index contributed by atoms with van der Waals surface area (Å²) >= 11 is 0. The van der Waals surface area contributed by atoms with Crippen molar-refractivity contribution in [1.82, 2.24) is 4.98 Å². The first-order valence-electron chi connectivity index (χ1n) is 5.92. The fourth-order valence-corrected chi connectivity index (χ4v) is 1.86. The van der Waals surface area contributed by atoms with Gasteiger partial charge in [0.15, 0.2) is 17.2 Å². The molecule has 1 amide bonds. The molecule has 0 atom stereocenters. The van der Waals surface area contributed by atoms with Crippen LogP contribution in [0.5, 0.6) is 0 Å². The van der Waals surface area contributed by atoms with Gasteiger partial charge in [0, 0.05) is 17.3 Å². The molecule has 0 saturated heterocycles. The van der Waals surface area contributed by atoms with Crippen molar-refractivity contribution in [3.05, 3.63) is 64.1 Å². The molecule has 1 aromatic heterocycles. The van der Waals surface area contributed by atoms with Gasteiger partial charge in [-0.25, -0.2) is 13.6 Å². The van der Waals surface area contributed by atoms with Crippen molar-refractivity contribution < 1.29 is 18.0 Å². The molecule has 2 N–H and O–H groups in total. The van der Waals surface area contributed by atoms with E-state index in [1.807, 2.05) is 0 Å². The van der Waals surface area contributed by atoms with Gasteiger partial charge in [-0.15, -0.1) is 0 Å². The summed E-state index contributed by atoms with van der Waals surface area (Å²) < 4.78 is 30.7. The number of hydrogen-bond acceptors (Lipinski definition) is 3. The minimum atomic E-state index is -1.06. The maximum Gasteiger partial charge on any atom is 0.417 e. The van der Waals surface area contributed by atoms with Crippen molar-refractivity contribution in [3.8, 4) is 0 Å². The van der Waals surface area contributed by atoms with Gasteiger partial charge in [0.2, 0.25) is 0 Å². The van der Waals surface area contributed by atoms with Crippen LogP contribution in [0.2, 0.25) is 0 Å². The molecule has 5 nitrogen and oxygen atoms in total. The lowest BCUT2D eigenvalue weighted by atomic mass is 10.2. The summed E-state index contributed by atoms with van der Waals surface area (Å²) in [6, 6.07) is 7.40. The third-order valence-corrected chi connectivity index (χ3v) is 2.86. The smallest absolute Gasteiger partial charge is 0.408 e. The van der Waals surface area contributed by atoms with Crippen LogP contribution in [0.4, 0.5) is 14.5 Å². The Morgan fingerprint density at radius 2 is 1.90 bits per heavy atom. The van der Waals surface area contributed by atoms with E-state index in [9.17, 15) is 18.4 Å². The van der Waals surface area contributed by atoms with Crippen LogP contribution in [-0.2, 0) is 0 Å². The van der Waals surface area contributed by atoms with Crippen molar-refractivity contribution in [3.63, 3.8) is 0 Å². The topological polar surface area (TPSA) is 75.1 Å². The first kappa shape index (κ1) is 13.0. The molecule has 0 bridgehead atoms. The molecule has 0 spiro atoms. The Hall–Kier alpha value is -2.96. The Labute approximate surface area is 116 Å². The van der Waals surface area contributed by atoms with Gasteiger partial charge in [-0.3, -0.25) is 9.78 Å². The number of anilines is 1. The minimum Gasteiger partial charge on any atom is -0.408 e. The first-order chi connectivity index (χ1) is 10.0. The molecule has 0 aliphatic carbocycles. The van der Waals surface area contributed by atoms with Crippen LogP contribution in [0.1, 0.15) is 10.4 Å². The zero-order valence-corrected chi connectivity index (χ0v) is 10.4. The number of oxazole rings is 1. The highest BCUT2D eigenvalue weighted by molar-refractivity contribution is 6.05. The summed E-state index contributed by atoms with van der Waals surface area (Å²) in [6.45, 7) is 0. The van der Waals surface area contributed by atoms with Gasteiger partial charge in [0.1, 0.15) is 0 Å². The average molecular weight is 290 g/mol. The molecule has 3 aromatic rings. The average Bonchev–Trinajstić information content (AvgIpc) is 2.82. The number of H-pyrrole nitrogens is 1. The van der Waals surface area contributed by atoms with E-state index in [0.717, 1.165) is 12.1 Å². The van der Waals surface area contributed by atoms with Gasteiger partial charge in [0.05, 0.1) is 5.52 Å². The number of carbonyl (C=O) groups is 1. The van der Waals surface area contributed by atoms with Crippen LogP contribution >= 0.6 is 0 Å². The van der Waals surface area contributed by atoms with Crippen LogP contribution in [0.15, 0.2) is 45.6 Å². The number of rotatable bonds is 2. The van der Waals surface area contributed by atoms with Gasteiger partial charge in [0.25, 0.3) is 5.91 Å². The van der Waals surface area contributed by atoms with Crippen LogP contribution < -0.4 is 11.1 Å². The maximum atomic E-state index is 13.1. The van der Waals surface area contributed by atoms with Gasteiger partial charge in [-0.1, -0.05) is 0 Å². The summed E-state index contributed by atoms with van der Waals surface area (Å²) in [7, 11) is 0. The third kappa shape index (κ3) is 2.53. The number of benzene rings is 2. The number of fused-ring (bicyclic) bond motifs is 1. The van der Waals surface area contributed by atoms with E-state index < -0.39 is 23.3 Å². The molecule has 0 aliphatic heterocycles. The predicted molar refractivity (Wildman–Crippen MR) is 71.1 cm³/mol. The molecule has 0 saturated carbocycles. The molecule has 1 heterocycles. The lowest BCUT2D eigenvalue weighted by Gasteiger charge is -2.05. The number of aromatic nitrogens is 1. The van der Waals surface area contributed by atoms with Crippen LogP contribution in [0.25, 0.3) is 11.1 Å². The van der Waals surface area contributed by atoms with E-state index >= 15 is 0 Å². The van der Waals surface area contributed by atoms with E-state index in [2.05, 4.69) is 10.3 Å². The normalized spacial score (nSPS) is 10.8. The van der Waals surface area contributed by atoms with Crippen molar-refractivity contribution in [2.75, 3.05) is 5.32 Å². The molecule has 21 heavy (non-hydrogen) atoms. The van der Waals surface area contributed by atoms with E-state index in [1.165, 1.54) is 24.3 Å². The number of amides is 1. The van der Waals surface area contributed by atoms with Gasteiger partial charge in [-0.2, -0.15) is 0 Å². The number of carbonyl (C=O) groups excluding carboxylic acids is 1. The lowest BCUT2D eigenvalue weighted by Crippen LogP contribution is -2.12. The van der Waals surface area contributed by atoms with Gasteiger partial charge in [-0.05, 0) is 30.3 Å². The van der Waals surface area contributed by atoms with Crippen LogP contribution in [-0.4, -0.2) is 10.9 Å². The Morgan fingerprint density at radius 3 is 2.67 bits per heavy atom. The molecule has 0 unspecified atom stereocenters. The van der Waals surface area contributed by atoms with Crippen molar-refractivity contribution in [1.29, 1.82) is 0 Å². The second-order valence-corrected chi connectivity index (χ2v) is 4.31. The summed E-state index contributed by atoms with van der Waals surface area (Å²) in [6.07, 6.45) is 0. The quantitative estimate of drug-likeness (QED) is 0.762. The molecule has 2 aromatic carbocycles. The summed E-state index contributed by atoms with van der Waals surface area (Å²) in [5.41, 5.74) is 1.03. The van der Waals surface area contributed by atoms with E-state index in [-0.39, 0.29) is 16.8 Å². The summed E-state index contributed by atoms with van der Waals surface area (Å²) in [4.78, 5) is 25.5. The molecule has 0 aliphatic rings. The Morgan fingerprint density at radius 1 is 1.10 bits per heavy atom. The fraction of sp³-hybridized carbons (Fsp3) is 0. The largest absolute Gasteiger partial charge is 0.417 e. The molecular weight excluding hydrogens is 282 g/mol. The second kappa shape index (κ2) is 4.86. The molecule has 7 heteroatoms. The number of halogens is 2. The third-order valence-electron chi connectivity index (χ3n) is 2.86. The summed E-state index contributed by atoms with van der Waals surface area (Å²) in [5, 5.41) is 2.42. The first-order valence-corrected chi connectivity index (χ1v) is 5.92. The molecule has 0 fully saturated rings. The van der Waals surface area contributed by atoms with Gasteiger partial charge >= 0.3 is 5.76 Å². The molecule has 0 radical (unpaired) electrons. The van der Waals surface area contributed by atoms with Crippen molar-refractivity contribution in [2.45, 2.75) is 0 Å². The Bertz CT molecular complexity index is 899. The van der Waals surface area contributed by atoms with Crippen molar-refractivity contribution in [2.24, 2.45) is 0 Å². The second-order valence-electron chi connectivity index (χ2n) is 4.31. The highest BCUT2D eigenvalue weighted by Gasteiger charge is 2.10. The van der Waals surface area contributed by atoms with E-state index in [0.29, 0.717) is 5.52 Å². The van der Waals surface area contributed by atoms with E-state index in [4.69, 9.17) is 4.42 Å². The molecular formula is C14H8F2N2O3. The zero-order chi connectivity index (χ0) is 15.0. The number of nitrogens with one attached hydrogen (secondary N) is 2. The number of hydrogen-bond donors (Lipinski definition) is 2. The lowest BCUT2D eigenvalue weighted by molar-refractivity contribution is 0.102. The van der Waals surface area contributed by atoms with E-state index in [1.54, 1.807) is 0 Å². The molecule has 3 rings (SSSR count). The Kier molecular flexibility index (Phi) is 3.02. The highest BCUT2D eigenvalue weighted by atomic mass is 19.2. The Balaban J connectivity index is 1.89. The summed E-state index contributed by atoms with van der Waals surface area (Å²) in [5.74, 6) is -3.21. The van der Waals surface area contributed by atoms with Crippen molar-refractivity contribution >= 4 is 22.7 Å². The van der Waals surface area contributed by atoms with Crippen LogP contribution in [0, 0.1) is 11.6 Å². The maximum absolute atomic E-state index is 13.1. The standard InChI is InChI=1S/C14H8F2N2O3/c15-9-3-2-8(6-10(9)16)17-13(19)7-1-4-11-12(5-7)21-14(20)18-11/h1-6H,(H,17,19)(H,18,20). The van der Waals surface area contributed by atoms with Gasteiger partial charge < -0.3 is 9.73 Å². The fourth-order valence-electron chi connectivity index (χ4n) is 1.86. The SMILES string of the molecule is O=C(Nc1ccc(F)c(F)c1)c1ccc2[nH]c(=O)oc2c1. The highest BCUT2D eigenvalue weighted by Crippen LogP contribution is 2.16. The molecule has 106 valence electrons. The van der Waals surface area contributed by atoms with Crippen LogP contribution in [0.3, 0.4) is 0 Å². The number of aromatic amines is 1. The predicted octanol–water partition coefficient (Wildman–Crippen LogP) is 2.65. The zero-order valence-electron chi connectivity index (χ0n) is 10.4. The minimum absolute atomic E-state index is 0.120.